The van der Waals surface area contributed by atoms with Gasteiger partial charge in [-0.2, -0.15) is 0 Å². The van der Waals surface area contributed by atoms with Crippen molar-refractivity contribution in [3.8, 4) is 0 Å². The van der Waals surface area contributed by atoms with E-state index < -0.39 is 18.5 Å². The monoisotopic (exact) mass is 392 g/mol. The van der Waals surface area contributed by atoms with Gasteiger partial charge in [0.25, 0.3) is 0 Å². The quantitative estimate of drug-likeness (QED) is 0.651. The molecule has 2 rings (SSSR count). The lowest BCUT2D eigenvalue weighted by Gasteiger charge is -2.36. The van der Waals surface area contributed by atoms with Crippen LogP contribution in [0.4, 0.5) is 0 Å². The zero-order valence-electron chi connectivity index (χ0n) is 16.2. The topological polar surface area (TPSA) is 69.7 Å². The Kier molecular flexibility index (Phi) is 8.35. The number of rotatable bonds is 7. The van der Waals surface area contributed by atoms with E-state index in [2.05, 4.69) is 20.8 Å². The summed E-state index contributed by atoms with van der Waals surface area (Å²) in [5.74, 6) is 0.0702. The van der Waals surface area contributed by atoms with E-state index in [4.69, 9.17) is 9.47 Å². The number of hydrogen-bond acceptors (Lipinski definition) is 6. The van der Waals surface area contributed by atoms with Crippen molar-refractivity contribution in [3.63, 3.8) is 0 Å². The van der Waals surface area contributed by atoms with Gasteiger partial charge >= 0.3 is 11.9 Å². The summed E-state index contributed by atoms with van der Waals surface area (Å²) in [5.41, 5.74) is 0.529. The second-order valence-electron chi connectivity index (χ2n) is 7.46. The molecule has 27 heavy (non-hydrogen) atoms. The fourth-order valence-electron chi connectivity index (χ4n) is 3.42. The van der Waals surface area contributed by atoms with Gasteiger partial charge in [0.2, 0.25) is 5.12 Å². The van der Waals surface area contributed by atoms with E-state index in [0.29, 0.717) is 23.3 Å². The van der Waals surface area contributed by atoms with Gasteiger partial charge in [0.1, 0.15) is 6.10 Å². The molecule has 5 nitrogen and oxygen atoms in total. The lowest BCUT2D eigenvalue weighted by Crippen LogP contribution is -2.36. The van der Waals surface area contributed by atoms with Gasteiger partial charge in [-0.05, 0) is 30.6 Å². The Morgan fingerprint density at radius 3 is 2.48 bits per heavy atom. The molecule has 6 heteroatoms. The predicted octanol–water partition coefficient (Wildman–Crippen LogP) is 4.11. The number of hydrogen-bond donors (Lipinski definition) is 0. The van der Waals surface area contributed by atoms with Gasteiger partial charge in [-0.15, -0.1) is 0 Å². The molecule has 0 unspecified atom stereocenters. The maximum Gasteiger partial charge on any atom is 0.344 e. The van der Waals surface area contributed by atoms with Gasteiger partial charge in [0, 0.05) is 5.56 Å². The number of carbonyl (C=O) groups is 3. The summed E-state index contributed by atoms with van der Waals surface area (Å²) in [5, 5.41) is -0.203. The fraction of sp³-hybridized carbons (Fsp3) is 0.571. The largest absolute Gasteiger partial charge is 0.460 e. The van der Waals surface area contributed by atoms with Gasteiger partial charge in [0.15, 0.2) is 6.61 Å². The van der Waals surface area contributed by atoms with Gasteiger partial charge in [-0.1, -0.05) is 69.3 Å². The first-order valence-electron chi connectivity index (χ1n) is 9.44. The van der Waals surface area contributed by atoms with E-state index >= 15 is 0 Å². The van der Waals surface area contributed by atoms with Gasteiger partial charge in [-0.25, -0.2) is 4.79 Å². The lowest BCUT2D eigenvalue weighted by molar-refractivity contribution is -0.166. The molecule has 148 valence electrons. The first-order valence-corrected chi connectivity index (χ1v) is 10.4. The van der Waals surface area contributed by atoms with Crippen LogP contribution in [0.5, 0.6) is 0 Å². The predicted molar refractivity (Wildman–Crippen MR) is 105 cm³/mol. The molecule has 0 aliphatic heterocycles. The van der Waals surface area contributed by atoms with E-state index in [9.17, 15) is 14.4 Å². The second-order valence-corrected chi connectivity index (χ2v) is 8.41. The van der Waals surface area contributed by atoms with E-state index in [1.807, 2.05) is 6.07 Å². The van der Waals surface area contributed by atoms with E-state index in [1.165, 1.54) is 0 Å². The summed E-state index contributed by atoms with van der Waals surface area (Å²) >= 11 is 0.864. The first-order chi connectivity index (χ1) is 12.9. The number of esters is 2. The summed E-state index contributed by atoms with van der Waals surface area (Å²) < 4.78 is 10.6. The Balaban J connectivity index is 1.72. The maximum absolute atomic E-state index is 12.1. The minimum atomic E-state index is -0.598. The molecule has 1 aliphatic carbocycles. The third-order valence-corrected chi connectivity index (χ3v) is 5.80. The third-order valence-electron chi connectivity index (χ3n) is 4.93. The highest BCUT2D eigenvalue weighted by atomic mass is 32.2. The van der Waals surface area contributed by atoms with Crippen LogP contribution in [0, 0.1) is 17.8 Å². The van der Waals surface area contributed by atoms with Crippen molar-refractivity contribution in [1.29, 1.82) is 0 Å². The molecule has 0 radical (unpaired) electrons. The van der Waals surface area contributed by atoms with Gasteiger partial charge < -0.3 is 9.47 Å². The van der Waals surface area contributed by atoms with Crippen LogP contribution in [0.15, 0.2) is 30.3 Å². The van der Waals surface area contributed by atoms with Crippen LogP contribution >= 0.6 is 11.8 Å². The molecular formula is C21H28O5S. The Morgan fingerprint density at radius 1 is 1.11 bits per heavy atom. The van der Waals surface area contributed by atoms with E-state index in [-0.39, 0.29) is 17.0 Å². The molecule has 1 aliphatic rings. The van der Waals surface area contributed by atoms with E-state index in [0.717, 1.165) is 31.0 Å². The van der Waals surface area contributed by atoms with Crippen molar-refractivity contribution in [2.24, 2.45) is 17.8 Å². The minimum Gasteiger partial charge on any atom is -0.460 e. The maximum atomic E-state index is 12.1. The zero-order chi connectivity index (χ0) is 19.8. The summed E-state index contributed by atoms with van der Waals surface area (Å²) in [6, 6.07) is 8.72. The third kappa shape index (κ3) is 7.01. The van der Waals surface area contributed by atoms with Crippen LogP contribution in [-0.4, -0.2) is 35.5 Å². The van der Waals surface area contributed by atoms with Crippen molar-refractivity contribution >= 4 is 28.8 Å². The van der Waals surface area contributed by atoms with Gasteiger partial charge in [0.05, 0.1) is 5.75 Å². The highest BCUT2D eigenvalue weighted by Gasteiger charge is 2.33. The average Bonchev–Trinajstić information content (AvgIpc) is 2.65. The summed E-state index contributed by atoms with van der Waals surface area (Å²) in [6.45, 7) is 6.04. The number of thioether (sulfide) groups is 1. The van der Waals surface area contributed by atoms with Crippen LogP contribution in [0.3, 0.4) is 0 Å². The SMILES string of the molecule is CC(C)[C@H]1CC[C@@H](C)C[C@@H]1OC(=O)COC(=O)CSC(=O)c1ccccc1. The molecular weight excluding hydrogens is 364 g/mol. The van der Waals surface area contributed by atoms with Gasteiger partial charge in [-0.3, -0.25) is 9.59 Å². The molecule has 1 fully saturated rings. The molecule has 0 saturated heterocycles. The molecule has 1 saturated carbocycles. The van der Waals surface area contributed by atoms with Crippen LogP contribution in [-0.2, 0) is 19.1 Å². The Labute approximate surface area is 165 Å². The van der Waals surface area contributed by atoms with Crippen molar-refractivity contribution in [2.45, 2.75) is 46.1 Å². The molecule has 0 N–H and O–H groups in total. The van der Waals surface area contributed by atoms with Crippen LogP contribution < -0.4 is 0 Å². The second kappa shape index (κ2) is 10.5. The molecule has 1 aromatic rings. The normalized spacial score (nSPS) is 22.3. The number of benzene rings is 1. The highest BCUT2D eigenvalue weighted by molar-refractivity contribution is 8.14. The number of ether oxygens (including phenoxy) is 2. The van der Waals surface area contributed by atoms with E-state index in [1.54, 1.807) is 24.3 Å². The molecule has 0 spiro atoms. The summed E-state index contributed by atoms with van der Waals surface area (Å²) in [7, 11) is 0. The summed E-state index contributed by atoms with van der Waals surface area (Å²) in [6.07, 6.45) is 2.94. The Morgan fingerprint density at radius 2 is 1.81 bits per heavy atom. The van der Waals surface area contributed by atoms with Crippen molar-refractivity contribution in [3.05, 3.63) is 35.9 Å². The smallest absolute Gasteiger partial charge is 0.344 e. The van der Waals surface area contributed by atoms with Crippen molar-refractivity contribution < 1.29 is 23.9 Å². The average molecular weight is 393 g/mol. The van der Waals surface area contributed by atoms with Crippen molar-refractivity contribution in [2.75, 3.05) is 12.4 Å². The Bertz CT molecular complexity index is 643. The highest BCUT2D eigenvalue weighted by Crippen LogP contribution is 2.35. The molecule has 0 heterocycles. The minimum absolute atomic E-state index is 0.117. The first kappa shape index (κ1) is 21.5. The lowest BCUT2D eigenvalue weighted by atomic mass is 9.75. The molecule has 1 aromatic carbocycles. The molecule has 3 atom stereocenters. The molecule has 0 amide bonds. The Hall–Kier alpha value is -1.82. The molecule has 0 aromatic heterocycles. The van der Waals surface area contributed by atoms with Crippen molar-refractivity contribution in [1.82, 2.24) is 0 Å². The molecule has 0 bridgehead atoms. The summed E-state index contributed by atoms with van der Waals surface area (Å²) in [4.78, 5) is 35.8. The fourth-order valence-corrected chi connectivity index (χ4v) is 4.05. The number of carbonyl (C=O) groups excluding carboxylic acids is 3. The standard InChI is InChI=1S/C21H28O5S/c1-14(2)17-10-9-15(3)11-18(17)26-19(22)12-25-20(23)13-27-21(24)16-7-5-4-6-8-16/h4-8,14-15,17-18H,9-13H2,1-3H3/t15-,17-,18+/m1/s1. The van der Waals surface area contributed by atoms with Crippen LogP contribution in [0.2, 0.25) is 0 Å². The van der Waals surface area contributed by atoms with Crippen LogP contribution in [0.25, 0.3) is 0 Å². The zero-order valence-corrected chi connectivity index (χ0v) is 17.0. The van der Waals surface area contributed by atoms with Crippen LogP contribution in [0.1, 0.15) is 50.4 Å².